The minimum atomic E-state index is -3.73. The first kappa shape index (κ1) is 16.3. The van der Waals surface area contributed by atoms with Crippen LogP contribution in [-0.4, -0.2) is 29.5 Å². The molecule has 4 heterocycles. The van der Waals surface area contributed by atoms with Crippen molar-refractivity contribution in [2.45, 2.75) is 5.78 Å². The summed E-state index contributed by atoms with van der Waals surface area (Å²) in [5.41, 5.74) is 3.10. The van der Waals surface area contributed by atoms with Gasteiger partial charge in [0.15, 0.2) is 0 Å². The molecule has 4 aliphatic rings. The van der Waals surface area contributed by atoms with Crippen molar-refractivity contribution >= 4 is 24.6 Å². The van der Waals surface area contributed by atoms with Gasteiger partial charge in [0.2, 0.25) is 0 Å². The SMILES string of the molecule is C1=CC2=NC3C(c4ccccc4)=C(c4ccccc4)OP34(OCCO4)N2C=C1. The zero-order valence-corrected chi connectivity index (χ0v) is 16.0. The maximum atomic E-state index is 6.84. The van der Waals surface area contributed by atoms with Crippen LogP contribution in [0.3, 0.4) is 0 Å². The molecule has 0 N–H and O–H groups in total. The molecule has 4 aliphatic heterocycles. The molecule has 1 spiro atoms. The van der Waals surface area contributed by atoms with E-state index in [9.17, 15) is 0 Å². The Morgan fingerprint density at radius 1 is 0.857 bits per heavy atom. The van der Waals surface area contributed by atoms with E-state index in [0.29, 0.717) is 13.2 Å². The molecular formula is C22H19N2O3P. The van der Waals surface area contributed by atoms with E-state index >= 15 is 0 Å². The number of benzene rings is 2. The van der Waals surface area contributed by atoms with E-state index in [1.165, 1.54) is 0 Å². The molecule has 2 aromatic carbocycles. The van der Waals surface area contributed by atoms with Gasteiger partial charge in [0, 0.05) is 0 Å². The molecule has 1 saturated heterocycles. The van der Waals surface area contributed by atoms with Gasteiger partial charge in [-0.3, -0.25) is 0 Å². The fourth-order valence-corrected chi connectivity index (χ4v) is 8.65. The van der Waals surface area contributed by atoms with Crippen LogP contribution in [0.15, 0.2) is 90.1 Å². The van der Waals surface area contributed by atoms with Gasteiger partial charge in [0.1, 0.15) is 0 Å². The molecule has 1 unspecified atom stereocenters. The van der Waals surface area contributed by atoms with Crippen molar-refractivity contribution in [2.75, 3.05) is 13.2 Å². The normalized spacial score (nSPS) is 27.1. The molecule has 0 aliphatic carbocycles. The van der Waals surface area contributed by atoms with Crippen molar-refractivity contribution in [3.8, 4) is 0 Å². The van der Waals surface area contributed by atoms with Gasteiger partial charge in [0.05, 0.1) is 0 Å². The van der Waals surface area contributed by atoms with E-state index in [0.717, 1.165) is 28.3 Å². The average Bonchev–Trinajstić information content (AvgIpc) is 3.40. The second-order valence-electron chi connectivity index (χ2n) is 7.04. The standard InChI is InChI=1S/C22H19N2O3P/c1-3-9-17(10-4-1)20-21(18-11-5-2-6-12-18)27-28(25-15-16-26-28)22(20)23-19-13-7-8-14-24(19)28/h1-14,22H,15-16H2. The van der Waals surface area contributed by atoms with Gasteiger partial charge in [-0.25, -0.2) is 0 Å². The van der Waals surface area contributed by atoms with Crippen LogP contribution in [0.1, 0.15) is 11.1 Å². The summed E-state index contributed by atoms with van der Waals surface area (Å²) >= 11 is 0. The molecule has 28 heavy (non-hydrogen) atoms. The Bertz CT molecular complexity index is 1070. The van der Waals surface area contributed by atoms with Gasteiger partial charge in [-0.1, -0.05) is 0 Å². The Morgan fingerprint density at radius 2 is 1.54 bits per heavy atom. The predicted octanol–water partition coefficient (Wildman–Crippen LogP) is 4.97. The van der Waals surface area contributed by atoms with Crippen LogP contribution >= 0.6 is 7.43 Å². The number of amidine groups is 1. The average molecular weight is 390 g/mol. The van der Waals surface area contributed by atoms with Gasteiger partial charge >= 0.3 is 163 Å². The van der Waals surface area contributed by atoms with E-state index in [2.05, 4.69) is 24.3 Å². The number of nitrogens with zero attached hydrogens (tertiary/aromatic N) is 2. The Morgan fingerprint density at radius 3 is 2.25 bits per heavy atom. The number of aliphatic imine (C=N–C) groups is 1. The first-order valence-corrected chi connectivity index (χ1v) is 11.4. The molecule has 5 nitrogen and oxygen atoms in total. The van der Waals surface area contributed by atoms with Crippen molar-refractivity contribution in [1.82, 2.24) is 4.67 Å². The molecule has 6 heteroatoms. The molecule has 0 amide bonds. The summed E-state index contributed by atoms with van der Waals surface area (Å²) in [5.74, 6) is 1.28. The monoisotopic (exact) mass is 390 g/mol. The molecule has 140 valence electrons. The molecule has 0 saturated carbocycles. The Balaban J connectivity index is 1.64. The molecule has 0 radical (unpaired) electrons. The fourth-order valence-electron chi connectivity index (χ4n) is 4.34. The molecule has 0 bridgehead atoms. The Kier molecular flexibility index (Phi) is 3.28. The quantitative estimate of drug-likeness (QED) is 0.679. The first-order chi connectivity index (χ1) is 13.8. The fraction of sp³-hybridized carbons (Fsp3) is 0.136. The van der Waals surface area contributed by atoms with E-state index in [1.54, 1.807) is 0 Å². The van der Waals surface area contributed by atoms with E-state index in [1.807, 2.05) is 65.5 Å². The van der Waals surface area contributed by atoms with Crippen LogP contribution in [0.4, 0.5) is 0 Å². The zero-order valence-electron chi connectivity index (χ0n) is 15.1. The van der Waals surface area contributed by atoms with Gasteiger partial charge in [-0.05, 0) is 0 Å². The summed E-state index contributed by atoms with van der Waals surface area (Å²) in [6, 6.07) is 20.4. The summed E-state index contributed by atoms with van der Waals surface area (Å²) < 4.78 is 21.8. The van der Waals surface area contributed by atoms with Crippen LogP contribution < -0.4 is 0 Å². The third-order valence-corrected chi connectivity index (χ3v) is 9.64. The maximum absolute atomic E-state index is 6.84. The van der Waals surface area contributed by atoms with E-state index in [4.69, 9.17) is 18.6 Å². The molecular weight excluding hydrogens is 371 g/mol. The Labute approximate surface area is 163 Å². The molecule has 1 fully saturated rings. The summed E-state index contributed by atoms with van der Waals surface area (Å²) in [4.78, 5) is 5.06. The van der Waals surface area contributed by atoms with Crippen molar-refractivity contribution < 1.29 is 13.6 Å². The van der Waals surface area contributed by atoms with Crippen LogP contribution in [0.5, 0.6) is 0 Å². The number of fused-ring (bicyclic) bond motifs is 1. The third-order valence-electron chi connectivity index (χ3n) is 5.49. The molecule has 2 aromatic rings. The Hall–Kier alpha value is -2.72. The van der Waals surface area contributed by atoms with Gasteiger partial charge < -0.3 is 0 Å². The summed E-state index contributed by atoms with van der Waals surface area (Å²) in [6.45, 7) is 0.991. The third kappa shape index (κ3) is 1.93. The van der Waals surface area contributed by atoms with Crippen molar-refractivity contribution in [1.29, 1.82) is 0 Å². The van der Waals surface area contributed by atoms with Crippen molar-refractivity contribution in [2.24, 2.45) is 4.99 Å². The van der Waals surface area contributed by atoms with Crippen LogP contribution in [0.2, 0.25) is 0 Å². The number of hydrogen-bond acceptors (Lipinski definition) is 5. The van der Waals surface area contributed by atoms with Crippen molar-refractivity contribution in [3.05, 3.63) is 96.2 Å². The van der Waals surface area contributed by atoms with Crippen LogP contribution in [0, 0.1) is 0 Å². The summed E-state index contributed by atoms with van der Waals surface area (Å²) in [6.07, 6.45) is 7.91. The zero-order chi connectivity index (χ0) is 18.6. The summed E-state index contributed by atoms with van der Waals surface area (Å²) in [5, 5.41) is 0. The number of rotatable bonds is 2. The van der Waals surface area contributed by atoms with E-state index < -0.39 is 7.43 Å². The van der Waals surface area contributed by atoms with Crippen molar-refractivity contribution in [3.63, 3.8) is 0 Å². The van der Waals surface area contributed by atoms with Crippen LogP contribution in [-0.2, 0) is 13.6 Å². The first-order valence-electron chi connectivity index (χ1n) is 9.40. The van der Waals surface area contributed by atoms with Crippen LogP contribution in [0.25, 0.3) is 11.3 Å². The molecule has 1 atom stereocenters. The van der Waals surface area contributed by atoms with Gasteiger partial charge in [-0.15, -0.1) is 0 Å². The van der Waals surface area contributed by atoms with Gasteiger partial charge in [-0.2, -0.15) is 0 Å². The number of allylic oxidation sites excluding steroid dienone is 2. The predicted molar refractivity (Wildman–Crippen MR) is 111 cm³/mol. The summed E-state index contributed by atoms with van der Waals surface area (Å²) in [7, 11) is -3.73. The second kappa shape index (κ2) is 5.65. The van der Waals surface area contributed by atoms with Gasteiger partial charge in [0.25, 0.3) is 0 Å². The minimum absolute atomic E-state index is 0.339. The second-order valence-corrected chi connectivity index (χ2v) is 10.5. The molecule has 6 rings (SSSR count). The number of hydrogen-bond donors (Lipinski definition) is 0. The molecule has 0 aromatic heterocycles. The van der Waals surface area contributed by atoms with E-state index in [-0.39, 0.29) is 5.78 Å². The topological polar surface area (TPSA) is 43.3 Å².